The third kappa shape index (κ3) is 4.07. The van der Waals surface area contributed by atoms with Gasteiger partial charge in [-0.25, -0.2) is 13.1 Å². The number of rotatable bonds is 6. The average Bonchev–Trinajstić information content (AvgIpc) is 2.90. The second-order valence-electron chi connectivity index (χ2n) is 5.88. The molecule has 0 atom stereocenters. The normalized spacial score (nSPS) is 23.9. The lowest BCUT2D eigenvalue weighted by molar-refractivity contribution is 0.278. The van der Waals surface area contributed by atoms with Crippen molar-refractivity contribution in [2.45, 2.75) is 50.5 Å². The van der Waals surface area contributed by atoms with Gasteiger partial charge in [0.1, 0.15) is 0 Å². The van der Waals surface area contributed by atoms with E-state index in [1.165, 1.54) is 31.9 Å². The summed E-state index contributed by atoms with van der Waals surface area (Å²) >= 11 is 0. The smallest absolute Gasteiger partial charge is 0.242 e. The Kier molecular flexibility index (Phi) is 5.23. The van der Waals surface area contributed by atoms with Crippen LogP contribution in [-0.2, 0) is 16.6 Å². The molecule has 1 heterocycles. The third-order valence-electron chi connectivity index (χ3n) is 4.23. The summed E-state index contributed by atoms with van der Waals surface area (Å²) in [6.07, 6.45) is 7.42. The standard InChI is InChI=1S/C14H25N3O2S/c1-11-2-4-12(5-3-11)6-7-17-20(18,19)14-8-13(9-15)16-10-14/h8,10-12,16-17H,2-7,9,15H2,1H3. The molecule has 1 saturated carbocycles. The Hall–Kier alpha value is -0.850. The molecule has 0 unspecified atom stereocenters. The summed E-state index contributed by atoms with van der Waals surface area (Å²) < 4.78 is 26.8. The summed E-state index contributed by atoms with van der Waals surface area (Å²) in [7, 11) is -3.40. The highest BCUT2D eigenvalue weighted by Gasteiger charge is 2.20. The molecule has 0 spiro atoms. The van der Waals surface area contributed by atoms with E-state index in [1.54, 1.807) is 6.07 Å². The average molecular weight is 299 g/mol. The first-order chi connectivity index (χ1) is 9.51. The molecule has 1 fully saturated rings. The lowest BCUT2D eigenvalue weighted by Crippen LogP contribution is -2.26. The summed E-state index contributed by atoms with van der Waals surface area (Å²) in [6.45, 7) is 3.13. The first-order valence-corrected chi connectivity index (χ1v) is 8.86. The molecule has 0 aliphatic heterocycles. The van der Waals surface area contributed by atoms with Gasteiger partial charge in [-0.2, -0.15) is 0 Å². The van der Waals surface area contributed by atoms with Gasteiger partial charge >= 0.3 is 0 Å². The molecule has 5 nitrogen and oxygen atoms in total. The first kappa shape index (κ1) is 15.5. The van der Waals surface area contributed by atoms with Crippen LogP contribution in [0.3, 0.4) is 0 Å². The molecule has 0 amide bonds. The van der Waals surface area contributed by atoms with Gasteiger partial charge in [0.15, 0.2) is 0 Å². The maximum atomic E-state index is 12.1. The Balaban J connectivity index is 1.80. The molecule has 0 saturated heterocycles. The Morgan fingerprint density at radius 3 is 2.65 bits per heavy atom. The molecule has 1 aliphatic rings. The zero-order valence-electron chi connectivity index (χ0n) is 12.1. The van der Waals surface area contributed by atoms with E-state index in [4.69, 9.17) is 5.73 Å². The molecule has 0 bridgehead atoms. The van der Waals surface area contributed by atoms with Crippen LogP contribution in [0.25, 0.3) is 0 Å². The monoisotopic (exact) mass is 299 g/mol. The van der Waals surface area contributed by atoms with Gasteiger partial charge in [-0.3, -0.25) is 0 Å². The van der Waals surface area contributed by atoms with Gasteiger partial charge in [-0.15, -0.1) is 0 Å². The molecule has 0 radical (unpaired) electrons. The van der Waals surface area contributed by atoms with Crippen molar-refractivity contribution in [3.63, 3.8) is 0 Å². The minimum absolute atomic E-state index is 0.273. The van der Waals surface area contributed by atoms with E-state index in [0.717, 1.165) is 18.0 Å². The second kappa shape index (κ2) is 6.74. The molecule has 6 heteroatoms. The van der Waals surface area contributed by atoms with Crippen LogP contribution in [0.4, 0.5) is 0 Å². The molecule has 1 aromatic heterocycles. The Morgan fingerprint density at radius 2 is 2.05 bits per heavy atom. The highest BCUT2D eigenvalue weighted by molar-refractivity contribution is 7.89. The SMILES string of the molecule is CC1CCC(CCNS(=O)(=O)c2c[nH]c(CN)c2)CC1. The fourth-order valence-corrected chi connectivity index (χ4v) is 3.86. The lowest BCUT2D eigenvalue weighted by Gasteiger charge is -2.26. The Labute approximate surface area is 121 Å². The van der Waals surface area contributed by atoms with Crippen molar-refractivity contribution in [1.82, 2.24) is 9.71 Å². The van der Waals surface area contributed by atoms with Gasteiger partial charge in [0.2, 0.25) is 10.0 Å². The van der Waals surface area contributed by atoms with Crippen LogP contribution in [0.1, 0.15) is 44.7 Å². The Morgan fingerprint density at radius 1 is 1.35 bits per heavy atom. The number of nitrogens with two attached hydrogens (primary N) is 1. The highest BCUT2D eigenvalue weighted by Crippen LogP contribution is 2.30. The maximum absolute atomic E-state index is 12.1. The van der Waals surface area contributed by atoms with E-state index in [-0.39, 0.29) is 4.90 Å². The summed E-state index contributed by atoms with van der Waals surface area (Å²) in [4.78, 5) is 3.14. The minimum Gasteiger partial charge on any atom is -0.363 e. The van der Waals surface area contributed by atoms with Crippen molar-refractivity contribution in [3.8, 4) is 0 Å². The molecule has 1 aromatic rings. The molecule has 0 aromatic carbocycles. The summed E-state index contributed by atoms with van der Waals surface area (Å²) in [5, 5.41) is 0. The lowest BCUT2D eigenvalue weighted by atomic mass is 9.81. The van der Waals surface area contributed by atoms with Gasteiger partial charge in [0.05, 0.1) is 4.90 Å². The molecule has 4 N–H and O–H groups in total. The largest absolute Gasteiger partial charge is 0.363 e. The Bertz CT molecular complexity index is 516. The van der Waals surface area contributed by atoms with Crippen LogP contribution < -0.4 is 10.5 Å². The number of nitrogens with one attached hydrogen (secondary N) is 2. The fourth-order valence-electron chi connectivity index (χ4n) is 2.79. The van der Waals surface area contributed by atoms with Crippen LogP contribution in [0.5, 0.6) is 0 Å². The zero-order chi connectivity index (χ0) is 14.6. The fraction of sp³-hybridized carbons (Fsp3) is 0.714. The van der Waals surface area contributed by atoms with Gasteiger partial charge in [-0.1, -0.05) is 32.6 Å². The first-order valence-electron chi connectivity index (χ1n) is 7.38. The number of aromatic nitrogens is 1. The molecular formula is C14H25N3O2S. The van der Waals surface area contributed by atoms with Crippen LogP contribution in [0.2, 0.25) is 0 Å². The second-order valence-corrected chi connectivity index (χ2v) is 7.64. The van der Waals surface area contributed by atoms with E-state index in [2.05, 4.69) is 16.6 Å². The molecule has 114 valence electrons. The van der Waals surface area contributed by atoms with Crippen molar-refractivity contribution in [3.05, 3.63) is 18.0 Å². The maximum Gasteiger partial charge on any atom is 0.242 e. The summed E-state index contributed by atoms with van der Waals surface area (Å²) in [5.41, 5.74) is 6.20. The van der Waals surface area contributed by atoms with Crippen molar-refractivity contribution >= 4 is 10.0 Å². The van der Waals surface area contributed by atoms with Gasteiger partial charge in [-0.05, 0) is 24.3 Å². The van der Waals surface area contributed by atoms with E-state index < -0.39 is 10.0 Å². The molecule has 2 rings (SSSR count). The topological polar surface area (TPSA) is 88.0 Å². The van der Waals surface area contributed by atoms with E-state index in [9.17, 15) is 8.42 Å². The van der Waals surface area contributed by atoms with Gasteiger partial charge < -0.3 is 10.7 Å². The number of hydrogen-bond donors (Lipinski definition) is 3. The predicted octanol–water partition coefficient (Wildman–Crippen LogP) is 1.97. The summed E-state index contributed by atoms with van der Waals surface area (Å²) in [6, 6.07) is 1.59. The van der Waals surface area contributed by atoms with Crippen molar-refractivity contribution in [2.75, 3.05) is 6.54 Å². The number of H-pyrrole nitrogens is 1. The number of hydrogen-bond acceptors (Lipinski definition) is 3. The van der Waals surface area contributed by atoms with Crippen molar-refractivity contribution in [2.24, 2.45) is 17.6 Å². The zero-order valence-corrected chi connectivity index (χ0v) is 12.9. The van der Waals surface area contributed by atoms with Crippen molar-refractivity contribution in [1.29, 1.82) is 0 Å². The molecule has 20 heavy (non-hydrogen) atoms. The van der Waals surface area contributed by atoms with Crippen LogP contribution in [0, 0.1) is 11.8 Å². The van der Waals surface area contributed by atoms with Crippen molar-refractivity contribution < 1.29 is 8.42 Å². The number of aromatic amines is 1. The minimum atomic E-state index is -3.40. The van der Waals surface area contributed by atoms with E-state index in [1.807, 2.05) is 0 Å². The van der Waals surface area contributed by atoms with Crippen LogP contribution >= 0.6 is 0 Å². The van der Waals surface area contributed by atoms with Crippen LogP contribution in [0.15, 0.2) is 17.2 Å². The van der Waals surface area contributed by atoms with E-state index in [0.29, 0.717) is 19.0 Å². The van der Waals surface area contributed by atoms with E-state index >= 15 is 0 Å². The van der Waals surface area contributed by atoms with Gasteiger partial charge in [0.25, 0.3) is 0 Å². The quantitative estimate of drug-likeness (QED) is 0.750. The van der Waals surface area contributed by atoms with Crippen LogP contribution in [-0.4, -0.2) is 19.9 Å². The third-order valence-corrected chi connectivity index (χ3v) is 5.67. The molecule has 1 aliphatic carbocycles. The highest BCUT2D eigenvalue weighted by atomic mass is 32.2. The number of sulfonamides is 1. The predicted molar refractivity (Wildman–Crippen MR) is 79.6 cm³/mol. The molecular weight excluding hydrogens is 274 g/mol. The van der Waals surface area contributed by atoms with Gasteiger partial charge in [0, 0.05) is 25.0 Å². The summed E-state index contributed by atoms with van der Waals surface area (Å²) in [5.74, 6) is 1.50.